The number of rotatable bonds is 5. The minimum Gasteiger partial charge on any atom is -0.379 e. The summed E-state index contributed by atoms with van der Waals surface area (Å²) in [6.45, 7) is 0. The zero-order valence-corrected chi connectivity index (χ0v) is 18.2. The van der Waals surface area contributed by atoms with Crippen molar-refractivity contribution in [1.82, 2.24) is 5.32 Å². The van der Waals surface area contributed by atoms with Crippen molar-refractivity contribution in [3.8, 4) is 5.75 Å². The van der Waals surface area contributed by atoms with Gasteiger partial charge in [-0.2, -0.15) is 8.42 Å². The Labute approximate surface area is 188 Å². The number of benzene rings is 3. The third-order valence-electron chi connectivity index (χ3n) is 4.12. The lowest BCUT2D eigenvalue weighted by atomic mass is 10.2. The molecule has 1 N–H and O–H groups in total. The molecule has 0 saturated carbocycles. The minimum atomic E-state index is -3.90. The van der Waals surface area contributed by atoms with Gasteiger partial charge in [-0.05, 0) is 71.9 Å². The summed E-state index contributed by atoms with van der Waals surface area (Å²) in [5.74, 6) is -0.0794. The SMILES string of the molecule is O=C1NC(=Nc2ccc(Cl)cc2)S/C1=C\c1ccc(OS(=O)(=O)c2ccccc2)cc1. The predicted molar refractivity (Wildman–Crippen MR) is 123 cm³/mol. The number of carbonyl (C=O) groups excluding carboxylic acids is 1. The van der Waals surface area contributed by atoms with E-state index in [0.717, 1.165) is 5.56 Å². The van der Waals surface area contributed by atoms with Gasteiger partial charge in [-0.15, -0.1) is 0 Å². The third kappa shape index (κ3) is 5.35. The molecule has 3 aromatic carbocycles. The van der Waals surface area contributed by atoms with E-state index >= 15 is 0 Å². The lowest BCUT2D eigenvalue weighted by molar-refractivity contribution is -0.115. The van der Waals surface area contributed by atoms with Gasteiger partial charge >= 0.3 is 10.1 Å². The molecule has 3 aromatic rings. The van der Waals surface area contributed by atoms with Crippen molar-refractivity contribution in [2.24, 2.45) is 4.99 Å². The Morgan fingerprint density at radius 2 is 1.61 bits per heavy atom. The smallest absolute Gasteiger partial charge is 0.339 e. The van der Waals surface area contributed by atoms with E-state index in [2.05, 4.69) is 10.3 Å². The summed E-state index contributed by atoms with van der Waals surface area (Å²) in [4.78, 5) is 17.2. The minimum absolute atomic E-state index is 0.0766. The van der Waals surface area contributed by atoms with E-state index in [1.807, 2.05) is 0 Å². The maximum Gasteiger partial charge on any atom is 0.339 e. The molecule has 31 heavy (non-hydrogen) atoms. The van der Waals surface area contributed by atoms with Crippen LogP contribution in [0, 0.1) is 0 Å². The summed E-state index contributed by atoms with van der Waals surface area (Å²) in [6.07, 6.45) is 1.69. The van der Waals surface area contributed by atoms with Gasteiger partial charge in [0.25, 0.3) is 5.91 Å². The largest absolute Gasteiger partial charge is 0.379 e. The Hall–Kier alpha value is -3.07. The van der Waals surface area contributed by atoms with Crippen LogP contribution in [0.5, 0.6) is 5.75 Å². The van der Waals surface area contributed by atoms with Crippen LogP contribution in [0.2, 0.25) is 5.02 Å². The Kier molecular flexibility index (Phi) is 6.13. The molecule has 0 spiro atoms. The second-order valence-electron chi connectivity index (χ2n) is 6.38. The number of hydrogen-bond acceptors (Lipinski definition) is 6. The average Bonchev–Trinajstić information content (AvgIpc) is 3.10. The number of amidine groups is 1. The fourth-order valence-electron chi connectivity index (χ4n) is 2.65. The van der Waals surface area contributed by atoms with E-state index in [0.29, 0.717) is 20.8 Å². The van der Waals surface area contributed by atoms with Gasteiger partial charge in [-0.1, -0.05) is 41.9 Å². The second-order valence-corrected chi connectivity index (χ2v) is 9.39. The standard InChI is InChI=1S/C22H15ClN2O4S2/c23-16-8-10-17(11-9-16)24-22-25-21(26)20(30-22)14-15-6-12-18(13-7-15)29-31(27,28)19-4-2-1-3-5-19/h1-14H,(H,24,25,26)/b20-14-. The molecule has 6 nitrogen and oxygen atoms in total. The fourth-order valence-corrected chi connectivity index (χ4v) is 4.57. The molecular weight excluding hydrogens is 456 g/mol. The highest BCUT2D eigenvalue weighted by molar-refractivity contribution is 8.18. The normalized spacial score (nSPS) is 16.5. The van der Waals surface area contributed by atoms with Gasteiger partial charge < -0.3 is 9.50 Å². The number of nitrogens with one attached hydrogen (secondary N) is 1. The molecule has 4 rings (SSSR count). The van der Waals surface area contributed by atoms with Crippen molar-refractivity contribution in [3.63, 3.8) is 0 Å². The van der Waals surface area contributed by atoms with Gasteiger partial charge in [-0.25, -0.2) is 4.99 Å². The Balaban J connectivity index is 1.47. The molecule has 1 heterocycles. The molecule has 0 unspecified atom stereocenters. The molecule has 9 heteroatoms. The number of thioether (sulfide) groups is 1. The molecule has 1 aliphatic rings. The molecule has 156 valence electrons. The van der Waals surface area contributed by atoms with Crippen LogP contribution >= 0.6 is 23.4 Å². The van der Waals surface area contributed by atoms with Crippen molar-refractivity contribution in [3.05, 3.63) is 94.4 Å². The number of hydrogen-bond donors (Lipinski definition) is 1. The van der Waals surface area contributed by atoms with Gasteiger partial charge in [0.05, 0.1) is 10.6 Å². The number of carbonyl (C=O) groups is 1. The number of halogens is 1. The van der Waals surface area contributed by atoms with Gasteiger partial charge in [-0.3, -0.25) is 4.79 Å². The molecule has 0 radical (unpaired) electrons. The van der Waals surface area contributed by atoms with Gasteiger partial charge in [0, 0.05) is 5.02 Å². The zero-order valence-electron chi connectivity index (χ0n) is 15.9. The van der Waals surface area contributed by atoms with E-state index in [9.17, 15) is 13.2 Å². The van der Waals surface area contributed by atoms with Crippen LogP contribution in [0.3, 0.4) is 0 Å². The molecule has 1 fully saturated rings. The Bertz CT molecular complexity index is 1270. The first-order valence-corrected chi connectivity index (χ1v) is 11.6. The average molecular weight is 471 g/mol. The monoisotopic (exact) mass is 470 g/mol. The van der Waals surface area contributed by atoms with Gasteiger partial charge in [0.15, 0.2) is 5.17 Å². The van der Waals surface area contributed by atoms with E-state index in [1.54, 1.807) is 60.7 Å². The zero-order chi connectivity index (χ0) is 21.8. The molecular formula is C22H15ClN2O4S2. The topological polar surface area (TPSA) is 84.8 Å². The molecule has 0 aromatic heterocycles. The van der Waals surface area contributed by atoms with Gasteiger partial charge in [0.1, 0.15) is 10.6 Å². The van der Waals surface area contributed by atoms with Crippen molar-refractivity contribution in [2.45, 2.75) is 4.90 Å². The second kappa shape index (κ2) is 8.97. The summed E-state index contributed by atoms with van der Waals surface area (Å²) in [5, 5.41) is 3.79. The quantitative estimate of drug-likeness (QED) is 0.419. The summed E-state index contributed by atoms with van der Waals surface area (Å²) in [5.41, 5.74) is 1.39. The first-order chi connectivity index (χ1) is 14.9. The first-order valence-electron chi connectivity index (χ1n) is 9.04. The fraction of sp³-hybridized carbons (Fsp3) is 0. The highest BCUT2D eigenvalue weighted by Gasteiger charge is 2.24. The Morgan fingerprint density at radius 3 is 2.29 bits per heavy atom. The van der Waals surface area contributed by atoms with Crippen LogP contribution in [-0.4, -0.2) is 19.5 Å². The summed E-state index contributed by atoms with van der Waals surface area (Å²) in [7, 11) is -3.90. The van der Waals surface area contributed by atoms with Crippen LogP contribution < -0.4 is 9.50 Å². The number of nitrogens with zero attached hydrogens (tertiary/aromatic N) is 1. The first kappa shape index (κ1) is 21.2. The van der Waals surface area contributed by atoms with Crippen molar-refractivity contribution in [1.29, 1.82) is 0 Å². The van der Waals surface area contributed by atoms with Crippen molar-refractivity contribution in [2.75, 3.05) is 0 Å². The highest BCUT2D eigenvalue weighted by atomic mass is 35.5. The van der Waals surface area contributed by atoms with E-state index < -0.39 is 10.1 Å². The molecule has 1 aliphatic heterocycles. The maximum absolute atomic E-state index is 12.3. The predicted octanol–water partition coefficient (Wildman–Crippen LogP) is 5.00. The van der Waals surface area contributed by atoms with Crippen LogP contribution in [0.1, 0.15) is 5.56 Å². The number of aliphatic imine (C=N–C) groups is 1. The van der Waals surface area contributed by atoms with Crippen LogP contribution in [0.15, 0.2) is 93.7 Å². The molecule has 0 atom stereocenters. The summed E-state index contributed by atoms with van der Waals surface area (Å²) >= 11 is 7.08. The van der Waals surface area contributed by atoms with E-state index in [1.165, 1.54) is 36.0 Å². The maximum atomic E-state index is 12.3. The Morgan fingerprint density at radius 1 is 0.935 bits per heavy atom. The van der Waals surface area contributed by atoms with Crippen LogP contribution in [0.25, 0.3) is 6.08 Å². The summed E-state index contributed by atoms with van der Waals surface area (Å²) < 4.78 is 29.8. The van der Waals surface area contributed by atoms with E-state index in [-0.39, 0.29) is 16.6 Å². The molecule has 0 aliphatic carbocycles. The number of amides is 1. The molecule has 0 bridgehead atoms. The lowest BCUT2D eigenvalue weighted by Crippen LogP contribution is -2.19. The van der Waals surface area contributed by atoms with Crippen LogP contribution in [-0.2, 0) is 14.9 Å². The van der Waals surface area contributed by atoms with Crippen molar-refractivity contribution < 1.29 is 17.4 Å². The van der Waals surface area contributed by atoms with Gasteiger partial charge in [0.2, 0.25) is 0 Å². The summed E-state index contributed by atoms with van der Waals surface area (Å²) in [6, 6.07) is 21.3. The third-order valence-corrected chi connectivity index (χ3v) is 6.55. The lowest BCUT2D eigenvalue weighted by Gasteiger charge is -2.07. The highest BCUT2D eigenvalue weighted by Crippen LogP contribution is 2.29. The van der Waals surface area contributed by atoms with E-state index in [4.69, 9.17) is 15.8 Å². The van der Waals surface area contributed by atoms with Crippen molar-refractivity contribution >= 4 is 56.3 Å². The van der Waals surface area contributed by atoms with Crippen LogP contribution in [0.4, 0.5) is 5.69 Å². The molecule has 1 amide bonds. The molecule has 1 saturated heterocycles.